The van der Waals surface area contributed by atoms with Crippen molar-refractivity contribution in [3.8, 4) is 0 Å². The first-order valence-electron chi connectivity index (χ1n) is 6.62. The monoisotopic (exact) mass is 299 g/mol. The third kappa shape index (κ3) is 5.16. The van der Waals surface area contributed by atoms with Crippen LogP contribution in [0.1, 0.15) is 30.7 Å². The Kier molecular flexibility index (Phi) is 6.44. The summed E-state index contributed by atoms with van der Waals surface area (Å²) in [5.41, 5.74) is 0. The molecule has 112 valence electrons. The minimum absolute atomic E-state index is 0.0288. The molecule has 7 heteroatoms. The fraction of sp³-hybridized carbons (Fsp3) is 0.615. The molecule has 0 aliphatic heterocycles. The molecule has 0 bridgehead atoms. The highest BCUT2D eigenvalue weighted by molar-refractivity contribution is 7.11. The summed E-state index contributed by atoms with van der Waals surface area (Å²) in [6.07, 6.45) is 2.73. The third-order valence-corrected chi connectivity index (χ3v) is 4.10. The van der Waals surface area contributed by atoms with Crippen LogP contribution in [0.2, 0.25) is 0 Å². The molecular formula is C13H21N3O3S. The summed E-state index contributed by atoms with van der Waals surface area (Å²) in [6.45, 7) is 6.17. The number of rotatable bonds is 7. The maximum absolute atomic E-state index is 11.6. The summed E-state index contributed by atoms with van der Waals surface area (Å²) in [4.78, 5) is 28.0. The summed E-state index contributed by atoms with van der Waals surface area (Å²) in [7, 11) is 0. The SMILES string of the molecule is CCc1cnc(CNC(=O)NCC(C(=O)O)C(C)C)s1. The first-order valence-corrected chi connectivity index (χ1v) is 7.43. The van der Waals surface area contributed by atoms with Crippen molar-refractivity contribution in [1.82, 2.24) is 15.6 Å². The number of urea groups is 1. The third-order valence-electron chi connectivity index (χ3n) is 2.95. The molecule has 1 aromatic rings. The Bertz CT molecular complexity index is 459. The quantitative estimate of drug-likeness (QED) is 0.716. The Morgan fingerprint density at radius 2 is 2.10 bits per heavy atom. The molecule has 1 rings (SSSR count). The van der Waals surface area contributed by atoms with Crippen LogP contribution in [0.3, 0.4) is 0 Å². The van der Waals surface area contributed by atoms with E-state index in [-0.39, 0.29) is 18.5 Å². The minimum Gasteiger partial charge on any atom is -0.481 e. The topological polar surface area (TPSA) is 91.3 Å². The molecule has 1 unspecified atom stereocenters. The molecule has 6 nitrogen and oxygen atoms in total. The van der Waals surface area contributed by atoms with Gasteiger partial charge in [-0.3, -0.25) is 4.79 Å². The zero-order valence-electron chi connectivity index (χ0n) is 12.0. The molecule has 1 atom stereocenters. The van der Waals surface area contributed by atoms with Gasteiger partial charge in [0.2, 0.25) is 0 Å². The maximum atomic E-state index is 11.6. The van der Waals surface area contributed by atoms with Gasteiger partial charge in [0.25, 0.3) is 0 Å². The molecule has 0 saturated heterocycles. The number of aromatic nitrogens is 1. The lowest BCUT2D eigenvalue weighted by molar-refractivity contribution is -0.142. The summed E-state index contributed by atoms with van der Waals surface area (Å²) in [6, 6.07) is -0.370. The van der Waals surface area contributed by atoms with E-state index < -0.39 is 11.9 Å². The Balaban J connectivity index is 2.34. The molecule has 0 aromatic carbocycles. The first kappa shape index (κ1) is 16.4. The van der Waals surface area contributed by atoms with Gasteiger partial charge in [0.05, 0.1) is 12.5 Å². The highest BCUT2D eigenvalue weighted by Gasteiger charge is 2.21. The number of aryl methyl sites for hydroxylation is 1. The van der Waals surface area contributed by atoms with E-state index in [1.807, 2.05) is 13.8 Å². The number of carbonyl (C=O) groups excluding carboxylic acids is 1. The number of hydrogen-bond donors (Lipinski definition) is 3. The largest absolute Gasteiger partial charge is 0.481 e. The summed E-state index contributed by atoms with van der Waals surface area (Å²) in [5.74, 6) is -1.50. The van der Waals surface area contributed by atoms with Gasteiger partial charge in [-0.2, -0.15) is 0 Å². The highest BCUT2D eigenvalue weighted by Crippen LogP contribution is 2.13. The van der Waals surface area contributed by atoms with Crippen LogP contribution >= 0.6 is 11.3 Å². The van der Waals surface area contributed by atoms with Crippen molar-refractivity contribution in [3.63, 3.8) is 0 Å². The fourth-order valence-electron chi connectivity index (χ4n) is 1.62. The Morgan fingerprint density at radius 3 is 2.60 bits per heavy atom. The van der Waals surface area contributed by atoms with Gasteiger partial charge in [-0.05, 0) is 12.3 Å². The van der Waals surface area contributed by atoms with Crippen LogP contribution in [-0.2, 0) is 17.8 Å². The number of thiazole rings is 1. The number of nitrogens with one attached hydrogen (secondary N) is 2. The average Bonchev–Trinajstić information content (AvgIpc) is 2.83. The van der Waals surface area contributed by atoms with Crippen LogP contribution in [0.25, 0.3) is 0 Å². The molecule has 0 saturated carbocycles. The first-order chi connectivity index (χ1) is 9.43. The summed E-state index contributed by atoms with van der Waals surface area (Å²) >= 11 is 1.56. The lowest BCUT2D eigenvalue weighted by Crippen LogP contribution is -2.40. The molecular weight excluding hydrogens is 278 g/mol. The van der Waals surface area contributed by atoms with Crippen molar-refractivity contribution >= 4 is 23.3 Å². The molecule has 0 fully saturated rings. The molecule has 20 heavy (non-hydrogen) atoms. The van der Waals surface area contributed by atoms with E-state index in [0.29, 0.717) is 6.54 Å². The van der Waals surface area contributed by atoms with Gasteiger partial charge in [-0.15, -0.1) is 11.3 Å². The second-order valence-corrected chi connectivity index (χ2v) is 6.03. The molecule has 0 aliphatic rings. The fourth-order valence-corrected chi connectivity index (χ4v) is 2.42. The van der Waals surface area contributed by atoms with Gasteiger partial charge in [0.1, 0.15) is 5.01 Å². The van der Waals surface area contributed by atoms with E-state index in [0.717, 1.165) is 11.4 Å². The van der Waals surface area contributed by atoms with Gasteiger partial charge in [-0.1, -0.05) is 20.8 Å². The van der Waals surface area contributed by atoms with Gasteiger partial charge in [0, 0.05) is 17.6 Å². The highest BCUT2D eigenvalue weighted by atomic mass is 32.1. The smallest absolute Gasteiger partial charge is 0.315 e. The predicted octanol–water partition coefficient (Wildman–Crippen LogP) is 1.86. The zero-order valence-corrected chi connectivity index (χ0v) is 12.8. The lowest BCUT2D eigenvalue weighted by Gasteiger charge is -2.16. The number of nitrogens with zero attached hydrogens (tertiary/aromatic N) is 1. The van der Waals surface area contributed by atoms with Crippen LogP contribution in [0.4, 0.5) is 4.79 Å². The van der Waals surface area contributed by atoms with Gasteiger partial charge < -0.3 is 15.7 Å². The van der Waals surface area contributed by atoms with Crippen molar-refractivity contribution in [2.45, 2.75) is 33.7 Å². The zero-order chi connectivity index (χ0) is 15.1. The van der Waals surface area contributed by atoms with E-state index >= 15 is 0 Å². The van der Waals surface area contributed by atoms with Gasteiger partial charge in [-0.25, -0.2) is 9.78 Å². The van der Waals surface area contributed by atoms with Gasteiger partial charge >= 0.3 is 12.0 Å². The minimum atomic E-state index is -0.896. The van der Waals surface area contributed by atoms with E-state index in [1.54, 1.807) is 17.5 Å². The molecule has 1 aromatic heterocycles. The van der Waals surface area contributed by atoms with Gasteiger partial charge in [0.15, 0.2) is 0 Å². The molecule has 0 radical (unpaired) electrons. The number of carboxylic acid groups (broad SMARTS) is 1. The molecule has 0 spiro atoms. The lowest BCUT2D eigenvalue weighted by atomic mass is 9.96. The molecule has 1 heterocycles. The van der Waals surface area contributed by atoms with E-state index in [2.05, 4.69) is 22.5 Å². The van der Waals surface area contributed by atoms with E-state index in [4.69, 9.17) is 5.11 Å². The van der Waals surface area contributed by atoms with Crippen LogP contribution in [0.15, 0.2) is 6.20 Å². The van der Waals surface area contributed by atoms with E-state index in [1.165, 1.54) is 4.88 Å². The van der Waals surface area contributed by atoms with Crippen molar-refractivity contribution in [2.75, 3.05) is 6.54 Å². The normalized spacial score (nSPS) is 12.2. The second-order valence-electron chi connectivity index (χ2n) is 4.83. The second kappa shape index (κ2) is 7.84. The maximum Gasteiger partial charge on any atom is 0.315 e. The van der Waals surface area contributed by atoms with Crippen molar-refractivity contribution < 1.29 is 14.7 Å². The molecule has 0 aliphatic carbocycles. The van der Waals surface area contributed by atoms with Crippen molar-refractivity contribution in [1.29, 1.82) is 0 Å². The van der Waals surface area contributed by atoms with Crippen molar-refractivity contribution in [2.24, 2.45) is 11.8 Å². The molecule has 2 amide bonds. The number of carbonyl (C=O) groups is 2. The average molecular weight is 299 g/mol. The number of amides is 2. The molecule has 3 N–H and O–H groups in total. The Morgan fingerprint density at radius 1 is 1.40 bits per heavy atom. The number of aliphatic carboxylic acids is 1. The predicted molar refractivity (Wildman–Crippen MR) is 77.7 cm³/mol. The van der Waals surface area contributed by atoms with E-state index in [9.17, 15) is 9.59 Å². The summed E-state index contributed by atoms with van der Waals surface area (Å²) < 4.78 is 0. The van der Waals surface area contributed by atoms with Crippen LogP contribution < -0.4 is 10.6 Å². The Hall–Kier alpha value is -1.63. The van der Waals surface area contributed by atoms with Crippen LogP contribution in [0.5, 0.6) is 0 Å². The van der Waals surface area contributed by atoms with Crippen LogP contribution in [0, 0.1) is 11.8 Å². The Labute approximate surface area is 122 Å². The summed E-state index contributed by atoms with van der Waals surface area (Å²) in [5, 5.41) is 15.1. The standard InChI is InChI=1S/C13H21N3O3S/c1-4-9-5-14-11(20-9)7-16-13(19)15-6-10(8(2)3)12(17)18/h5,8,10H,4,6-7H2,1-3H3,(H,17,18)(H2,15,16,19). The van der Waals surface area contributed by atoms with Crippen molar-refractivity contribution in [3.05, 3.63) is 16.1 Å². The number of hydrogen-bond acceptors (Lipinski definition) is 4. The number of carboxylic acids is 1. The van der Waals surface area contributed by atoms with Crippen LogP contribution in [-0.4, -0.2) is 28.6 Å².